The second-order valence-electron chi connectivity index (χ2n) is 8.07. The Morgan fingerprint density at radius 2 is 2.14 bits per heavy atom. The maximum atomic E-state index is 12.6. The van der Waals surface area contributed by atoms with Crippen LogP contribution >= 0.6 is 0 Å². The van der Waals surface area contributed by atoms with Crippen molar-refractivity contribution in [2.75, 3.05) is 32.7 Å². The molecule has 0 aliphatic carbocycles. The number of nitrogens with zero attached hydrogens (tertiary/aromatic N) is 4. The van der Waals surface area contributed by atoms with Gasteiger partial charge in [0.2, 0.25) is 5.91 Å². The molecule has 0 bridgehead atoms. The smallest absolute Gasteiger partial charge is 0.274 e. The molecule has 1 fully saturated rings. The minimum atomic E-state index is -0.173. The minimum Gasteiger partial charge on any atom is -0.356 e. The molecule has 2 heterocycles. The highest BCUT2D eigenvalue weighted by molar-refractivity contribution is 5.92. The molecule has 2 amide bonds. The van der Waals surface area contributed by atoms with E-state index in [2.05, 4.69) is 41.0 Å². The van der Waals surface area contributed by atoms with Crippen molar-refractivity contribution in [3.63, 3.8) is 0 Å². The summed E-state index contributed by atoms with van der Waals surface area (Å²) in [5.41, 5.74) is 0.319. The zero-order chi connectivity index (χ0) is 20.4. The van der Waals surface area contributed by atoms with Crippen LogP contribution in [0.25, 0.3) is 0 Å². The molecule has 1 aromatic heterocycles. The lowest BCUT2D eigenvalue weighted by atomic mass is 10.0. The first-order chi connectivity index (χ1) is 13.5. The lowest BCUT2D eigenvalue weighted by molar-refractivity contribution is -0.121. The van der Waals surface area contributed by atoms with Crippen LogP contribution in [0.3, 0.4) is 0 Å². The maximum absolute atomic E-state index is 12.6. The van der Waals surface area contributed by atoms with Gasteiger partial charge in [0.25, 0.3) is 5.91 Å². The lowest BCUT2D eigenvalue weighted by Gasteiger charge is -2.33. The van der Waals surface area contributed by atoms with Gasteiger partial charge in [-0.3, -0.25) is 14.6 Å². The summed E-state index contributed by atoms with van der Waals surface area (Å²) in [6.07, 6.45) is 9.67. The van der Waals surface area contributed by atoms with Gasteiger partial charge in [0, 0.05) is 51.0 Å². The van der Waals surface area contributed by atoms with E-state index in [1.807, 2.05) is 0 Å². The van der Waals surface area contributed by atoms with E-state index < -0.39 is 0 Å². The number of hydrogen-bond donors (Lipinski definition) is 1. The number of piperidine rings is 1. The number of hydrogen-bond acceptors (Lipinski definition) is 5. The Morgan fingerprint density at radius 3 is 2.82 bits per heavy atom. The van der Waals surface area contributed by atoms with E-state index in [0.717, 1.165) is 13.0 Å². The molecule has 0 unspecified atom stereocenters. The average molecular weight is 390 g/mol. The third-order valence-corrected chi connectivity index (χ3v) is 5.15. The van der Waals surface area contributed by atoms with E-state index in [-0.39, 0.29) is 11.8 Å². The summed E-state index contributed by atoms with van der Waals surface area (Å²) in [5.74, 6) is 0.135. The molecule has 1 aliphatic heterocycles. The normalized spacial score (nSPS) is 17.5. The van der Waals surface area contributed by atoms with Gasteiger partial charge in [-0.1, -0.05) is 20.3 Å². The van der Waals surface area contributed by atoms with Crippen LogP contribution in [-0.4, -0.2) is 70.3 Å². The Morgan fingerprint density at radius 1 is 1.32 bits per heavy atom. The summed E-state index contributed by atoms with van der Waals surface area (Å²) in [5, 5.41) is 2.99. The summed E-state index contributed by atoms with van der Waals surface area (Å²) in [7, 11) is 0. The molecule has 1 N–H and O–H groups in total. The van der Waals surface area contributed by atoms with Crippen molar-refractivity contribution in [2.24, 2.45) is 5.92 Å². The van der Waals surface area contributed by atoms with Crippen molar-refractivity contribution in [1.29, 1.82) is 0 Å². The zero-order valence-electron chi connectivity index (χ0n) is 17.6. The van der Waals surface area contributed by atoms with Gasteiger partial charge in [-0.15, -0.1) is 0 Å². The fraction of sp³-hybridized carbons (Fsp3) is 0.714. The van der Waals surface area contributed by atoms with Crippen molar-refractivity contribution in [1.82, 2.24) is 25.1 Å². The van der Waals surface area contributed by atoms with E-state index in [1.54, 1.807) is 11.1 Å². The molecule has 0 radical (unpaired) electrons. The molecule has 7 nitrogen and oxygen atoms in total. The summed E-state index contributed by atoms with van der Waals surface area (Å²) < 4.78 is 0. The van der Waals surface area contributed by atoms with E-state index in [1.165, 1.54) is 38.2 Å². The Hall–Kier alpha value is -2.02. The fourth-order valence-corrected chi connectivity index (χ4v) is 3.61. The third-order valence-electron chi connectivity index (χ3n) is 5.15. The number of carbonyl (C=O) groups is 2. The van der Waals surface area contributed by atoms with Crippen LogP contribution in [-0.2, 0) is 4.79 Å². The zero-order valence-corrected chi connectivity index (χ0v) is 17.6. The summed E-state index contributed by atoms with van der Waals surface area (Å²) in [6, 6.07) is 0.654. The Labute approximate surface area is 168 Å². The first kappa shape index (κ1) is 22.3. The van der Waals surface area contributed by atoms with Crippen LogP contribution in [0.15, 0.2) is 18.6 Å². The van der Waals surface area contributed by atoms with Crippen molar-refractivity contribution in [2.45, 2.75) is 58.9 Å². The van der Waals surface area contributed by atoms with Crippen molar-refractivity contribution in [3.8, 4) is 0 Å². The van der Waals surface area contributed by atoms with Crippen molar-refractivity contribution in [3.05, 3.63) is 24.3 Å². The molecule has 1 aliphatic rings. The molecule has 156 valence electrons. The van der Waals surface area contributed by atoms with E-state index >= 15 is 0 Å². The first-order valence-corrected chi connectivity index (χ1v) is 10.5. The number of nitrogens with one attached hydrogen (secondary N) is 1. The van der Waals surface area contributed by atoms with Crippen LogP contribution in [0, 0.1) is 5.92 Å². The molecular formula is C21H35N5O2. The topological polar surface area (TPSA) is 78.4 Å². The van der Waals surface area contributed by atoms with Crippen LogP contribution in [0.2, 0.25) is 0 Å². The monoisotopic (exact) mass is 389 g/mol. The molecule has 1 aromatic rings. The SMILES string of the molecule is CC(C)CN(CCC(=O)NCCCN1CCCC[C@@H]1C)C(=O)c1cnccn1. The third kappa shape index (κ3) is 7.54. The van der Waals surface area contributed by atoms with E-state index in [4.69, 9.17) is 0 Å². The molecule has 0 aromatic carbocycles. The van der Waals surface area contributed by atoms with Crippen LogP contribution in [0.4, 0.5) is 0 Å². The highest BCUT2D eigenvalue weighted by Crippen LogP contribution is 2.16. The predicted molar refractivity (Wildman–Crippen MR) is 110 cm³/mol. The number of amides is 2. The Balaban J connectivity index is 1.72. The predicted octanol–water partition coefficient (Wildman–Crippen LogP) is 2.35. The quantitative estimate of drug-likeness (QED) is 0.622. The van der Waals surface area contributed by atoms with E-state index in [9.17, 15) is 9.59 Å². The standard InChI is InChI=1S/C21H35N5O2/c1-17(2)16-26(21(28)19-15-22-10-11-23-19)14-8-20(27)24-9-6-13-25-12-5-4-7-18(25)3/h10-11,15,17-18H,4-9,12-14,16H2,1-3H3,(H,24,27)/t18-/m0/s1. The van der Waals surface area contributed by atoms with Gasteiger partial charge in [0.15, 0.2) is 0 Å². The second kappa shape index (κ2) is 11.7. The van der Waals surface area contributed by atoms with Crippen molar-refractivity contribution < 1.29 is 9.59 Å². The highest BCUT2D eigenvalue weighted by atomic mass is 16.2. The number of rotatable bonds is 10. The molecule has 0 saturated carbocycles. The van der Waals surface area contributed by atoms with Gasteiger partial charge in [-0.25, -0.2) is 4.98 Å². The Kier molecular flexibility index (Phi) is 9.34. The second-order valence-corrected chi connectivity index (χ2v) is 8.07. The summed E-state index contributed by atoms with van der Waals surface area (Å²) in [6.45, 7) is 10.3. The maximum Gasteiger partial charge on any atom is 0.274 e. The lowest BCUT2D eigenvalue weighted by Crippen LogP contribution is -2.40. The summed E-state index contributed by atoms with van der Waals surface area (Å²) >= 11 is 0. The molecule has 1 atom stereocenters. The Bertz CT molecular complexity index is 608. The number of likely N-dealkylation sites (tertiary alicyclic amines) is 1. The molecule has 28 heavy (non-hydrogen) atoms. The van der Waals surface area contributed by atoms with Gasteiger partial charge >= 0.3 is 0 Å². The van der Waals surface area contributed by atoms with Gasteiger partial charge in [-0.05, 0) is 38.6 Å². The highest BCUT2D eigenvalue weighted by Gasteiger charge is 2.20. The minimum absolute atomic E-state index is 0.00704. The number of carbonyl (C=O) groups excluding carboxylic acids is 2. The average Bonchev–Trinajstić information content (AvgIpc) is 2.69. The first-order valence-electron chi connectivity index (χ1n) is 10.5. The largest absolute Gasteiger partial charge is 0.356 e. The molecule has 7 heteroatoms. The molecule has 2 rings (SSSR count). The fourth-order valence-electron chi connectivity index (χ4n) is 3.61. The van der Waals surface area contributed by atoms with Gasteiger partial charge in [-0.2, -0.15) is 0 Å². The molecule has 0 spiro atoms. The molecular weight excluding hydrogens is 354 g/mol. The van der Waals surface area contributed by atoms with Gasteiger partial charge in [0.1, 0.15) is 5.69 Å². The van der Waals surface area contributed by atoms with Crippen LogP contribution < -0.4 is 5.32 Å². The van der Waals surface area contributed by atoms with Crippen LogP contribution in [0.1, 0.15) is 63.4 Å². The van der Waals surface area contributed by atoms with Gasteiger partial charge in [0.05, 0.1) is 6.20 Å². The number of aromatic nitrogens is 2. The summed E-state index contributed by atoms with van der Waals surface area (Å²) in [4.78, 5) is 37.1. The van der Waals surface area contributed by atoms with Crippen LogP contribution in [0.5, 0.6) is 0 Å². The molecule has 1 saturated heterocycles. The van der Waals surface area contributed by atoms with E-state index in [0.29, 0.717) is 43.7 Å². The van der Waals surface area contributed by atoms with Crippen molar-refractivity contribution >= 4 is 11.8 Å². The van der Waals surface area contributed by atoms with Gasteiger partial charge < -0.3 is 15.1 Å².